The van der Waals surface area contributed by atoms with Gasteiger partial charge in [0.15, 0.2) is 5.78 Å². The third-order valence-electron chi connectivity index (χ3n) is 5.14. The number of carbonyl (C=O) groups excluding carboxylic acids is 1. The van der Waals surface area contributed by atoms with E-state index >= 15 is 0 Å². The van der Waals surface area contributed by atoms with Gasteiger partial charge in [0.2, 0.25) is 0 Å². The fraction of sp³-hybridized carbons (Fsp3) is 0.318. The van der Waals surface area contributed by atoms with Crippen molar-refractivity contribution in [3.05, 3.63) is 80.9 Å². The number of benzene rings is 2. The van der Waals surface area contributed by atoms with Gasteiger partial charge in [0.05, 0.1) is 4.92 Å². The molecule has 0 saturated heterocycles. The van der Waals surface area contributed by atoms with Crippen molar-refractivity contribution >= 4 is 17.5 Å². The molecule has 1 saturated carbocycles. The van der Waals surface area contributed by atoms with Gasteiger partial charge in [0, 0.05) is 11.6 Å². The van der Waals surface area contributed by atoms with Gasteiger partial charge in [-0.1, -0.05) is 61.7 Å². The van der Waals surface area contributed by atoms with Crippen molar-refractivity contribution in [3.8, 4) is 0 Å². The Morgan fingerprint density at radius 2 is 1.85 bits per heavy atom. The van der Waals surface area contributed by atoms with Crippen molar-refractivity contribution in [2.45, 2.75) is 39.0 Å². The molecule has 0 N–H and O–H groups in total. The molecule has 2 aromatic carbocycles. The van der Waals surface area contributed by atoms with Crippen molar-refractivity contribution < 1.29 is 9.72 Å². The Hall–Kier alpha value is -2.75. The monoisotopic (exact) mass is 349 g/mol. The van der Waals surface area contributed by atoms with E-state index in [4.69, 9.17) is 0 Å². The highest BCUT2D eigenvalue weighted by Gasteiger charge is 2.22. The lowest BCUT2D eigenvalue weighted by atomic mass is 9.92. The summed E-state index contributed by atoms with van der Waals surface area (Å²) < 4.78 is 0. The first kappa shape index (κ1) is 18.1. The summed E-state index contributed by atoms with van der Waals surface area (Å²) in [5.74, 6) is 0.287. The van der Waals surface area contributed by atoms with Crippen molar-refractivity contribution in [1.82, 2.24) is 0 Å². The fourth-order valence-corrected chi connectivity index (χ4v) is 3.75. The average molecular weight is 349 g/mol. The fourth-order valence-electron chi connectivity index (χ4n) is 3.75. The Morgan fingerprint density at radius 3 is 2.46 bits per heavy atom. The number of hydrogen-bond donors (Lipinski definition) is 0. The molecule has 1 aliphatic carbocycles. The minimum atomic E-state index is -0.485. The number of nitrogens with zero attached hydrogens (tertiary/aromatic N) is 1. The van der Waals surface area contributed by atoms with Crippen LogP contribution in [0.1, 0.15) is 60.5 Å². The van der Waals surface area contributed by atoms with Gasteiger partial charge in [-0.25, -0.2) is 0 Å². The number of nitro benzene ring substituents is 1. The molecular weight excluding hydrogens is 326 g/mol. The van der Waals surface area contributed by atoms with Gasteiger partial charge in [0.1, 0.15) is 5.56 Å². The van der Waals surface area contributed by atoms with Crippen molar-refractivity contribution in [3.63, 3.8) is 0 Å². The van der Waals surface area contributed by atoms with E-state index in [1.54, 1.807) is 36.4 Å². The third-order valence-corrected chi connectivity index (χ3v) is 5.14. The maximum Gasteiger partial charge on any atom is 0.280 e. The summed E-state index contributed by atoms with van der Waals surface area (Å²) in [4.78, 5) is 23.7. The predicted octanol–water partition coefficient (Wildman–Crippen LogP) is 5.81. The molecule has 0 heterocycles. The molecule has 2 aromatic rings. The Balaban J connectivity index is 2.01. The zero-order valence-electron chi connectivity index (χ0n) is 15.0. The molecule has 0 atom stereocenters. The summed E-state index contributed by atoms with van der Waals surface area (Å²) in [6.07, 6.45) is 8.02. The molecule has 0 spiro atoms. The van der Waals surface area contributed by atoms with E-state index in [1.807, 2.05) is 6.07 Å². The predicted molar refractivity (Wildman–Crippen MR) is 103 cm³/mol. The first-order chi connectivity index (χ1) is 12.6. The van der Waals surface area contributed by atoms with Gasteiger partial charge in [0.25, 0.3) is 5.69 Å². The minimum Gasteiger partial charge on any atom is -0.288 e. The van der Waals surface area contributed by atoms with Gasteiger partial charge >= 0.3 is 0 Å². The molecule has 0 unspecified atom stereocenters. The van der Waals surface area contributed by atoms with Gasteiger partial charge in [-0.15, -0.1) is 0 Å². The van der Waals surface area contributed by atoms with Gasteiger partial charge in [-0.05, 0) is 42.9 Å². The minimum absolute atomic E-state index is 0.144. The Kier molecular flexibility index (Phi) is 5.61. The second kappa shape index (κ2) is 8.09. The summed E-state index contributed by atoms with van der Waals surface area (Å²) in [5.41, 5.74) is 2.70. The number of carbonyl (C=O) groups is 1. The van der Waals surface area contributed by atoms with E-state index in [2.05, 4.69) is 13.0 Å². The number of allylic oxidation sites excluding steroid dienone is 1. The molecule has 0 aromatic heterocycles. The third kappa shape index (κ3) is 3.90. The van der Waals surface area contributed by atoms with Crippen LogP contribution in [-0.4, -0.2) is 10.7 Å². The van der Waals surface area contributed by atoms with Crippen LogP contribution in [0.5, 0.6) is 0 Å². The molecular formula is C22H23NO3. The summed E-state index contributed by atoms with van der Waals surface area (Å²) in [6.45, 7) is 2.14. The SMILES string of the molecule is CCC(=Cc1ccc([N+](=O)[O-])c(C(=O)c2ccccc2)c1)C1CCCC1. The number of rotatable bonds is 6. The van der Waals surface area contributed by atoms with E-state index in [0.717, 1.165) is 12.0 Å². The molecule has 1 fully saturated rings. The van der Waals surface area contributed by atoms with Gasteiger partial charge < -0.3 is 0 Å². The first-order valence-corrected chi connectivity index (χ1v) is 9.18. The standard InChI is InChI=1S/C22H23NO3/c1-2-17(18-8-6-7-9-18)14-16-12-13-21(23(25)26)20(15-16)22(24)19-10-4-3-5-11-19/h3-5,10-15,18H,2,6-9H2,1H3. The molecule has 26 heavy (non-hydrogen) atoms. The molecule has 3 rings (SSSR count). The summed E-state index contributed by atoms with van der Waals surface area (Å²) in [5, 5.41) is 11.4. The maximum absolute atomic E-state index is 12.8. The molecule has 4 nitrogen and oxygen atoms in total. The lowest BCUT2D eigenvalue weighted by Crippen LogP contribution is -2.06. The van der Waals surface area contributed by atoms with E-state index in [1.165, 1.54) is 37.3 Å². The molecule has 0 aliphatic heterocycles. The topological polar surface area (TPSA) is 60.2 Å². The van der Waals surface area contributed by atoms with Crippen LogP contribution in [-0.2, 0) is 0 Å². The zero-order chi connectivity index (χ0) is 18.5. The van der Waals surface area contributed by atoms with Gasteiger partial charge in [-0.2, -0.15) is 0 Å². The van der Waals surface area contributed by atoms with Crippen LogP contribution < -0.4 is 0 Å². The zero-order valence-corrected chi connectivity index (χ0v) is 15.0. The van der Waals surface area contributed by atoms with Crippen LogP contribution in [0.2, 0.25) is 0 Å². The van der Waals surface area contributed by atoms with E-state index < -0.39 is 4.92 Å². The highest BCUT2D eigenvalue weighted by Crippen LogP contribution is 2.34. The lowest BCUT2D eigenvalue weighted by Gasteiger charge is -2.13. The number of nitro groups is 1. The van der Waals surface area contributed by atoms with Crippen LogP contribution in [0, 0.1) is 16.0 Å². The Bertz CT molecular complexity index is 834. The van der Waals surface area contributed by atoms with Crippen LogP contribution in [0.25, 0.3) is 6.08 Å². The highest BCUT2D eigenvalue weighted by atomic mass is 16.6. The summed E-state index contributed by atoms with van der Waals surface area (Å²) >= 11 is 0. The Labute approximate surface area is 153 Å². The van der Waals surface area contributed by atoms with Crippen molar-refractivity contribution in [2.24, 2.45) is 5.92 Å². The van der Waals surface area contributed by atoms with Crippen LogP contribution in [0.3, 0.4) is 0 Å². The maximum atomic E-state index is 12.8. The van der Waals surface area contributed by atoms with Crippen molar-refractivity contribution in [2.75, 3.05) is 0 Å². The molecule has 0 amide bonds. The summed E-state index contributed by atoms with van der Waals surface area (Å²) in [6, 6.07) is 13.6. The van der Waals surface area contributed by atoms with Gasteiger partial charge in [-0.3, -0.25) is 14.9 Å². The molecule has 134 valence electrons. The normalized spacial score (nSPS) is 15.2. The van der Waals surface area contributed by atoms with Crippen molar-refractivity contribution in [1.29, 1.82) is 0 Å². The Morgan fingerprint density at radius 1 is 1.15 bits per heavy atom. The second-order valence-electron chi connectivity index (χ2n) is 6.78. The molecule has 1 aliphatic rings. The molecule has 0 radical (unpaired) electrons. The smallest absolute Gasteiger partial charge is 0.280 e. The highest BCUT2D eigenvalue weighted by molar-refractivity contribution is 6.11. The van der Waals surface area contributed by atoms with E-state index in [0.29, 0.717) is 11.5 Å². The molecule has 0 bridgehead atoms. The van der Waals surface area contributed by atoms with E-state index in [9.17, 15) is 14.9 Å². The number of ketones is 1. The van der Waals surface area contributed by atoms with Crippen LogP contribution in [0.4, 0.5) is 5.69 Å². The first-order valence-electron chi connectivity index (χ1n) is 9.18. The lowest BCUT2D eigenvalue weighted by molar-refractivity contribution is -0.385. The largest absolute Gasteiger partial charge is 0.288 e. The summed E-state index contributed by atoms with van der Waals surface area (Å²) in [7, 11) is 0. The second-order valence-corrected chi connectivity index (χ2v) is 6.78. The molecule has 4 heteroatoms. The number of hydrogen-bond acceptors (Lipinski definition) is 3. The van der Waals surface area contributed by atoms with E-state index in [-0.39, 0.29) is 17.0 Å². The van der Waals surface area contributed by atoms with Crippen LogP contribution in [0.15, 0.2) is 54.1 Å². The van der Waals surface area contributed by atoms with Crippen LogP contribution >= 0.6 is 0 Å². The average Bonchev–Trinajstić information content (AvgIpc) is 3.20. The quantitative estimate of drug-likeness (QED) is 0.375.